The minimum atomic E-state index is -3.71. The molecular weight excluding hydrogens is 519 g/mol. The van der Waals surface area contributed by atoms with Crippen molar-refractivity contribution in [3.8, 4) is 16.3 Å². The molecule has 176 valence electrons. The van der Waals surface area contributed by atoms with Gasteiger partial charge in [0.2, 0.25) is 17.7 Å². The summed E-state index contributed by atoms with van der Waals surface area (Å²) in [5.74, 6) is -0.315. The van der Waals surface area contributed by atoms with Gasteiger partial charge in [-0.25, -0.2) is 18.4 Å². The Morgan fingerprint density at radius 3 is 2.59 bits per heavy atom. The van der Waals surface area contributed by atoms with Crippen LogP contribution in [0.5, 0.6) is 5.88 Å². The molecule has 0 bridgehead atoms. The zero-order valence-corrected chi connectivity index (χ0v) is 21.3. The van der Waals surface area contributed by atoms with Crippen molar-refractivity contribution in [2.75, 3.05) is 6.26 Å². The number of benzene rings is 1. The highest BCUT2D eigenvalue weighted by Crippen LogP contribution is 2.38. The molecule has 14 heteroatoms. The highest BCUT2D eigenvalue weighted by Gasteiger charge is 2.34. The van der Waals surface area contributed by atoms with Crippen molar-refractivity contribution in [2.45, 2.75) is 25.5 Å². The van der Waals surface area contributed by atoms with Crippen LogP contribution in [0.25, 0.3) is 20.7 Å². The fraction of sp³-hybridized carbons (Fsp3) is 0.250. The van der Waals surface area contributed by atoms with Crippen LogP contribution in [0.15, 0.2) is 27.4 Å². The molecule has 10 nitrogen and oxygen atoms in total. The standard InChI is InChI=1S/C20H17N5O5S4/c1-8-15(31-9(2)21-8)10-4-5-11-12(6-10)32-19(22-11)16(34(3,28)29)18-25-24-14(30-18)7-13-17(26)23-20(27)33-13/h4-6,16,26H,7H2,1-3H3,(H,23,27). The Kier molecular flexibility index (Phi) is 5.62. The Balaban J connectivity index is 1.52. The number of thiazole rings is 3. The number of aromatic hydroxyl groups is 1. The van der Waals surface area contributed by atoms with E-state index in [-0.39, 0.29) is 24.1 Å². The zero-order chi connectivity index (χ0) is 24.2. The van der Waals surface area contributed by atoms with E-state index in [1.807, 2.05) is 32.0 Å². The first-order chi connectivity index (χ1) is 16.1. The lowest BCUT2D eigenvalue weighted by Crippen LogP contribution is -2.13. The number of aromatic nitrogens is 5. The van der Waals surface area contributed by atoms with Crippen LogP contribution in [0.1, 0.15) is 37.6 Å². The molecule has 0 radical (unpaired) electrons. The van der Waals surface area contributed by atoms with Gasteiger partial charge in [-0.15, -0.1) is 32.9 Å². The highest BCUT2D eigenvalue weighted by atomic mass is 32.2. The summed E-state index contributed by atoms with van der Waals surface area (Å²) in [6, 6.07) is 5.78. The van der Waals surface area contributed by atoms with E-state index in [9.17, 15) is 18.3 Å². The Hall–Kier alpha value is -2.94. The molecule has 0 saturated heterocycles. The monoisotopic (exact) mass is 535 g/mol. The van der Waals surface area contributed by atoms with Gasteiger partial charge in [0.25, 0.3) is 0 Å². The molecule has 0 saturated carbocycles. The number of aryl methyl sites for hydroxylation is 2. The molecule has 5 aromatic rings. The first-order valence-corrected chi connectivity index (χ1v) is 14.3. The van der Waals surface area contributed by atoms with Gasteiger partial charge in [0, 0.05) is 6.26 Å². The summed E-state index contributed by atoms with van der Waals surface area (Å²) in [5.41, 5.74) is 2.60. The predicted octanol–water partition coefficient (Wildman–Crippen LogP) is 3.60. The summed E-state index contributed by atoms with van der Waals surface area (Å²) in [5, 5.41) is 17.7. The average molecular weight is 536 g/mol. The lowest BCUT2D eigenvalue weighted by atomic mass is 10.1. The normalized spacial score (nSPS) is 13.0. The first-order valence-electron chi connectivity index (χ1n) is 9.85. The summed E-state index contributed by atoms with van der Waals surface area (Å²) >= 11 is 3.66. The number of nitrogens with one attached hydrogen (secondary N) is 1. The summed E-state index contributed by atoms with van der Waals surface area (Å²) in [6.07, 6.45) is 1.09. The van der Waals surface area contributed by atoms with E-state index in [0.29, 0.717) is 15.4 Å². The van der Waals surface area contributed by atoms with Gasteiger partial charge in [-0.2, -0.15) is 0 Å². The van der Waals surface area contributed by atoms with Crippen LogP contribution in [0, 0.1) is 13.8 Å². The van der Waals surface area contributed by atoms with E-state index in [4.69, 9.17) is 4.42 Å². The molecule has 0 aliphatic carbocycles. The lowest BCUT2D eigenvalue weighted by Gasteiger charge is -2.07. The van der Waals surface area contributed by atoms with E-state index in [1.165, 1.54) is 11.3 Å². The molecule has 0 fully saturated rings. The molecule has 4 aromatic heterocycles. The number of fused-ring (bicyclic) bond motifs is 1. The summed E-state index contributed by atoms with van der Waals surface area (Å²) in [4.78, 5) is 23.6. The van der Waals surface area contributed by atoms with E-state index in [1.54, 1.807) is 11.3 Å². The second kappa shape index (κ2) is 8.37. The number of nitrogens with zero attached hydrogens (tertiary/aromatic N) is 4. The van der Waals surface area contributed by atoms with Crippen molar-refractivity contribution >= 4 is 54.1 Å². The fourth-order valence-electron chi connectivity index (χ4n) is 3.52. The van der Waals surface area contributed by atoms with E-state index in [2.05, 4.69) is 25.1 Å². The minimum absolute atomic E-state index is 0.00442. The molecule has 2 N–H and O–H groups in total. The molecule has 5 rings (SSSR count). The van der Waals surface area contributed by atoms with Crippen molar-refractivity contribution in [2.24, 2.45) is 0 Å². The summed E-state index contributed by atoms with van der Waals surface area (Å²) in [7, 11) is -3.71. The largest absolute Gasteiger partial charge is 0.494 e. The molecule has 0 amide bonds. The predicted molar refractivity (Wildman–Crippen MR) is 131 cm³/mol. The highest BCUT2D eigenvalue weighted by molar-refractivity contribution is 7.91. The van der Waals surface area contributed by atoms with E-state index < -0.39 is 20.0 Å². The van der Waals surface area contributed by atoms with Crippen LogP contribution in [0.3, 0.4) is 0 Å². The quantitative estimate of drug-likeness (QED) is 0.332. The fourth-order valence-corrected chi connectivity index (χ4v) is 7.68. The maximum absolute atomic E-state index is 12.7. The zero-order valence-electron chi connectivity index (χ0n) is 18.0. The Morgan fingerprint density at radius 1 is 1.15 bits per heavy atom. The van der Waals surface area contributed by atoms with Gasteiger partial charge in [0.05, 0.1) is 37.1 Å². The summed E-state index contributed by atoms with van der Waals surface area (Å²) < 4.78 is 31.9. The Bertz CT molecular complexity index is 1690. The third-order valence-electron chi connectivity index (χ3n) is 4.94. The van der Waals surface area contributed by atoms with Crippen LogP contribution in [-0.4, -0.2) is 44.9 Å². The third-order valence-corrected chi connectivity index (χ3v) is 9.45. The van der Waals surface area contributed by atoms with Gasteiger partial charge in [-0.1, -0.05) is 17.4 Å². The number of aromatic amines is 1. The number of rotatable bonds is 6. The van der Waals surface area contributed by atoms with Crippen molar-refractivity contribution in [3.05, 3.63) is 60.2 Å². The number of hydrogen-bond acceptors (Lipinski definition) is 12. The van der Waals surface area contributed by atoms with Crippen LogP contribution >= 0.6 is 34.0 Å². The molecule has 0 aliphatic rings. The van der Waals surface area contributed by atoms with Crippen LogP contribution < -0.4 is 4.87 Å². The average Bonchev–Trinajstić information content (AvgIpc) is 3.49. The van der Waals surface area contributed by atoms with Gasteiger partial charge in [-0.3, -0.25) is 9.78 Å². The lowest BCUT2D eigenvalue weighted by molar-refractivity contribution is 0.438. The minimum Gasteiger partial charge on any atom is -0.494 e. The van der Waals surface area contributed by atoms with Crippen molar-refractivity contribution in [3.63, 3.8) is 0 Å². The van der Waals surface area contributed by atoms with E-state index in [0.717, 1.165) is 43.4 Å². The second-order valence-corrected chi connectivity index (χ2v) is 13.1. The smallest absolute Gasteiger partial charge is 0.307 e. The van der Waals surface area contributed by atoms with Crippen molar-refractivity contribution < 1.29 is 17.9 Å². The molecule has 0 aliphatic heterocycles. The van der Waals surface area contributed by atoms with Gasteiger partial charge in [0.15, 0.2) is 15.1 Å². The van der Waals surface area contributed by atoms with Gasteiger partial charge < -0.3 is 9.52 Å². The van der Waals surface area contributed by atoms with Gasteiger partial charge >= 0.3 is 4.87 Å². The molecule has 1 unspecified atom stereocenters. The van der Waals surface area contributed by atoms with Gasteiger partial charge in [-0.05, 0) is 31.5 Å². The van der Waals surface area contributed by atoms with Crippen molar-refractivity contribution in [1.82, 2.24) is 25.1 Å². The Labute approximate surface area is 204 Å². The molecule has 4 heterocycles. The molecular formula is C20H17N5O5S4. The molecule has 1 atom stereocenters. The maximum Gasteiger partial charge on any atom is 0.307 e. The van der Waals surface area contributed by atoms with Crippen molar-refractivity contribution in [1.29, 1.82) is 0 Å². The van der Waals surface area contributed by atoms with Gasteiger partial charge in [0.1, 0.15) is 5.01 Å². The number of hydrogen-bond donors (Lipinski definition) is 2. The first kappa shape index (κ1) is 22.8. The summed E-state index contributed by atoms with van der Waals surface area (Å²) in [6.45, 7) is 3.91. The molecule has 1 aromatic carbocycles. The van der Waals surface area contributed by atoms with Crippen LogP contribution in [-0.2, 0) is 16.3 Å². The third kappa shape index (κ3) is 4.29. The van der Waals surface area contributed by atoms with Crippen LogP contribution in [0.2, 0.25) is 0 Å². The second-order valence-electron chi connectivity index (χ2n) is 7.59. The molecule has 34 heavy (non-hydrogen) atoms. The number of sulfone groups is 1. The topological polar surface area (TPSA) is 152 Å². The number of H-pyrrole nitrogens is 1. The Morgan fingerprint density at radius 2 is 1.94 bits per heavy atom. The van der Waals surface area contributed by atoms with E-state index >= 15 is 0 Å². The maximum atomic E-state index is 12.7. The van der Waals surface area contributed by atoms with Crippen LogP contribution in [0.4, 0.5) is 0 Å². The SMILES string of the molecule is Cc1nc(C)c(-c2ccc3nc(C(c4nnc(Cc5sc(=O)[nH]c5O)o4)S(C)(=O)=O)sc3c2)s1. The molecule has 0 spiro atoms.